The standard InChI is InChI=1S/C16H25NO2/c1-6-12-19-14-10-8-13(9-11-14)15(18)16(3,7-2)17(4)5/h8-11H,6-7,12H2,1-5H3. The first-order valence-electron chi connectivity index (χ1n) is 6.90. The van der Waals surface area contributed by atoms with Crippen LogP contribution in [-0.2, 0) is 0 Å². The van der Waals surface area contributed by atoms with E-state index in [1.165, 1.54) is 0 Å². The molecule has 0 bridgehead atoms. The van der Waals surface area contributed by atoms with Gasteiger partial charge in [0.2, 0.25) is 0 Å². The summed E-state index contributed by atoms with van der Waals surface area (Å²) in [5.41, 5.74) is 0.285. The lowest BCUT2D eigenvalue weighted by molar-refractivity contribution is 0.0710. The SMILES string of the molecule is CCCOc1ccc(C(=O)C(C)(CC)N(C)C)cc1. The predicted octanol–water partition coefficient (Wildman–Crippen LogP) is 3.39. The Morgan fingerprint density at radius 1 is 1.21 bits per heavy atom. The van der Waals surface area contributed by atoms with Crippen LogP contribution in [0.4, 0.5) is 0 Å². The van der Waals surface area contributed by atoms with E-state index in [0.29, 0.717) is 6.61 Å². The van der Waals surface area contributed by atoms with Crippen molar-refractivity contribution < 1.29 is 9.53 Å². The Hall–Kier alpha value is -1.35. The maximum atomic E-state index is 12.6. The first kappa shape index (κ1) is 15.7. The summed E-state index contributed by atoms with van der Waals surface area (Å²) >= 11 is 0. The van der Waals surface area contributed by atoms with Gasteiger partial charge in [-0.1, -0.05) is 13.8 Å². The van der Waals surface area contributed by atoms with Crippen LogP contribution >= 0.6 is 0 Å². The van der Waals surface area contributed by atoms with E-state index in [1.54, 1.807) is 0 Å². The van der Waals surface area contributed by atoms with Gasteiger partial charge in [0, 0.05) is 5.56 Å². The van der Waals surface area contributed by atoms with Crippen LogP contribution in [0.1, 0.15) is 44.0 Å². The van der Waals surface area contributed by atoms with Gasteiger partial charge in [0.05, 0.1) is 12.1 Å². The fraction of sp³-hybridized carbons (Fsp3) is 0.562. The number of Topliss-reactive ketones (excluding diaryl/α,β-unsaturated/α-hetero) is 1. The lowest BCUT2D eigenvalue weighted by atomic mass is 9.87. The molecular weight excluding hydrogens is 238 g/mol. The minimum Gasteiger partial charge on any atom is -0.494 e. The molecule has 0 N–H and O–H groups in total. The molecule has 0 heterocycles. The number of carbonyl (C=O) groups excluding carboxylic acids is 1. The fourth-order valence-electron chi connectivity index (χ4n) is 1.91. The zero-order valence-electron chi connectivity index (χ0n) is 12.7. The lowest BCUT2D eigenvalue weighted by Crippen LogP contribution is -2.48. The van der Waals surface area contributed by atoms with Crippen molar-refractivity contribution in [3.05, 3.63) is 29.8 Å². The van der Waals surface area contributed by atoms with Crippen LogP contribution in [0.5, 0.6) is 5.75 Å². The summed E-state index contributed by atoms with van der Waals surface area (Å²) in [7, 11) is 3.89. The maximum absolute atomic E-state index is 12.6. The molecule has 0 aromatic heterocycles. The van der Waals surface area contributed by atoms with Gasteiger partial charge in [0.25, 0.3) is 0 Å². The second-order valence-electron chi connectivity index (χ2n) is 5.22. The van der Waals surface area contributed by atoms with Crippen molar-refractivity contribution in [3.63, 3.8) is 0 Å². The van der Waals surface area contributed by atoms with Crippen molar-refractivity contribution in [1.82, 2.24) is 4.90 Å². The molecule has 0 saturated carbocycles. The third-order valence-electron chi connectivity index (χ3n) is 3.75. The van der Waals surface area contributed by atoms with E-state index in [4.69, 9.17) is 4.74 Å². The number of hydrogen-bond acceptors (Lipinski definition) is 3. The van der Waals surface area contributed by atoms with Crippen LogP contribution in [-0.4, -0.2) is 36.9 Å². The van der Waals surface area contributed by atoms with Gasteiger partial charge in [-0.25, -0.2) is 0 Å². The zero-order chi connectivity index (χ0) is 14.5. The first-order chi connectivity index (χ1) is 8.95. The molecule has 1 aromatic rings. The largest absolute Gasteiger partial charge is 0.494 e. The van der Waals surface area contributed by atoms with Crippen LogP contribution < -0.4 is 4.74 Å². The molecule has 0 radical (unpaired) electrons. The average molecular weight is 263 g/mol. The minimum atomic E-state index is -0.453. The van der Waals surface area contributed by atoms with Gasteiger partial charge < -0.3 is 4.74 Å². The quantitative estimate of drug-likeness (QED) is 0.706. The van der Waals surface area contributed by atoms with Crippen LogP contribution in [0, 0.1) is 0 Å². The maximum Gasteiger partial charge on any atom is 0.182 e. The summed E-state index contributed by atoms with van der Waals surface area (Å²) in [5, 5.41) is 0. The number of ketones is 1. The molecule has 0 fully saturated rings. The van der Waals surface area contributed by atoms with Gasteiger partial charge >= 0.3 is 0 Å². The zero-order valence-corrected chi connectivity index (χ0v) is 12.7. The lowest BCUT2D eigenvalue weighted by Gasteiger charge is -2.34. The summed E-state index contributed by atoms with van der Waals surface area (Å²) in [6.07, 6.45) is 1.77. The van der Waals surface area contributed by atoms with Crippen molar-refractivity contribution in [1.29, 1.82) is 0 Å². The Morgan fingerprint density at radius 3 is 2.21 bits per heavy atom. The first-order valence-corrected chi connectivity index (χ1v) is 6.90. The molecule has 106 valence electrons. The van der Waals surface area contributed by atoms with Gasteiger partial charge in [0.1, 0.15) is 5.75 Å². The fourth-order valence-corrected chi connectivity index (χ4v) is 1.91. The summed E-state index contributed by atoms with van der Waals surface area (Å²) < 4.78 is 5.53. The topological polar surface area (TPSA) is 29.5 Å². The molecule has 0 aliphatic rings. The third-order valence-corrected chi connectivity index (χ3v) is 3.75. The Labute approximate surface area is 116 Å². The summed E-state index contributed by atoms with van der Waals surface area (Å²) in [4.78, 5) is 14.6. The van der Waals surface area contributed by atoms with E-state index in [1.807, 2.05) is 57.1 Å². The molecule has 0 aliphatic heterocycles. The molecule has 1 aromatic carbocycles. The summed E-state index contributed by atoms with van der Waals surface area (Å²) in [6, 6.07) is 7.44. The molecule has 0 aliphatic carbocycles. The van der Waals surface area contributed by atoms with Gasteiger partial charge in [-0.05, 0) is 58.1 Å². The number of nitrogens with zero attached hydrogens (tertiary/aromatic N) is 1. The van der Waals surface area contributed by atoms with Crippen LogP contribution in [0.25, 0.3) is 0 Å². The summed E-state index contributed by atoms with van der Waals surface area (Å²) in [5.74, 6) is 0.975. The van der Waals surface area contributed by atoms with E-state index in [-0.39, 0.29) is 5.78 Å². The number of hydrogen-bond donors (Lipinski definition) is 0. The highest BCUT2D eigenvalue weighted by Gasteiger charge is 2.34. The molecule has 3 heteroatoms. The molecule has 1 atom stereocenters. The highest BCUT2D eigenvalue weighted by atomic mass is 16.5. The Balaban J connectivity index is 2.88. The van der Waals surface area contributed by atoms with Crippen molar-refractivity contribution in [2.24, 2.45) is 0 Å². The second-order valence-corrected chi connectivity index (χ2v) is 5.22. The van der Waals surface area contributed by atoms with Gasteiger partial charge in [0.15, 0.2) is 5.78 Å². The number of benzene rings is 1. The minimum absolute atomic E-state index is 0.155. The highest BCUT2D eigenvalue weighted by molar-refractivity contribution is 6.03. The van der Waals surface area contributed by atoms with E-state index >= 15 is 0 Å². The van der Waals surface area contributed by atoms with Crippen molar-refractivity contribution in [3.8, 4) is 5.75 Å². The van der Waals surface area contributed by atoms with Crippen molar-refractivity contribution >= 4 is 5.78 Å². The monoisotopic (exact) mass is 263 g/mol. The van der Waals surface area contributed by atoms with E-state index in [2.05, 4.69) is 6.92 Å². The third kappa shape index (κ3) is 3.57. The molecule has 0 spiro atoms. The van der Waals surface area contributed by atoms with E-state index in [9.17, 15) is 4.79 Å². The molecule has 1 unspecified atom stereocenters. The second kappa shape index (κ2) is 6.71. The number of ether oxygens (including phenoxy) is 1. The molecule has 19 heavy (non-hydrogen) atoms. The molecule has 0 amide bonds. The van der Waals surface area contributed by atoms with Gasteiger partial charge in [-0.2, -0.15) is 0 Å². The van der Waals surface area contributed by atoms with Crippen LogP contribution in [0.15, 0.2) is 24.3 Å². The van der Waals surface area contributed by atoms with Gasteiger partial charge in [-0.3, -0.25) is 9.69 Å². The molecule has 3 nitrogen and oxygen atoms in total. The Kier molecular flexibility index (Phi) is 5.55. The van der Waals surface area contributed by atoms with E-state index in [0.717, 1.165) is 24.2 Å². The molecule has 0 saturated heterocycles. The Bertz CT molecular complexity index is 411. The smallest absolute Gasteiger partial charge is 0.182 e. The Morgan fingerprint density at radius 2 is 1.79 bits per heavy atom. The number of carbonyl (C=O) groups is 1. The van der Waals surface area contributed by atoms with Crippen molar-refractivity contribution in [2.75, 3.05) is 20.7 Å². The number of rotatable bonds is 7. The average Bonchev–Trinajstić information content (AvgIpc) is 2.43. The van der Waals surface area contributed by atoms with Crippen molar-refractivity contribution in [2.45, 2.75) is 39.2 Å². The van der Waals surface area contributed by atoms with Crippen LogP contribution in [0.3, 0.4) is 0 Å². The van der Waals surface area contributed by atoms with Gasteiger partial charge in [-0.15, -0.1) is 0 Å². The normalized spacial score (nSPS) is 14.2. The molecular formula is C16H25NO2. The van der Waals surface area contributed by atoms with Crippen LogP contribution in [0.2, 0.25) is 0 Å². The van der Waals surface area contributed by atoms with E-state index < -0.39 is 5.54 Å². The highest BCUT2D eigenvalue weighted by Crippen LogP contribution is 2.23. The molecule has 1 rings (SSSR count). The summed E-state index contributed by atoms with van der Waals surface area (Å²) in [6.45, 7) is 6.80. The number of likely N-dealkylation sites (N-methyl/N-ethyl adjacent to an activating group) is 1. The predicted molar refractivity (Wildman–Crippen MR) is 78.9 cm³/mol.